The highest BCUT2D eigenvalue weighted by molar-refractivity contribution is 7.80. The number of piperidine rings is 3. The Labute approximate surface area is 168 Å². The predicted molar refractivity (Wildman–Crippen MR) is 116 cm³/mol. The summed E-state index contributed by atoms with van der Waals surface area (Å²) in [7, 11) is 0. The molecule has 0 amide bonds. The van der Waals surface area contributed by atoms with Crippen molar-refractivity contribution in [1.29, 1.82) is 0 Å². The summed E-state index contributed by atoms with van der Waals surface area (Å²) in [5, 5.41) is 4.48. The van der Waals surface area contributed by atoms with Crippen LogP contribution in [0.4, 0.5) is 5.69 Å². The lowest BCUT2D eigenvalue weighted by molar-refractivity contribution is 0.0132. The van der Waals surface area contributed by atoms with E-state index in [2.05, 4.69) is 52.4 Å². The van der Waals surface area contributed by atoms with Crippen LogP contribution in [0.1, 0.15) is 44.1 Å². The third-order valence-corrected chi connectivity index (χ3v) is 7.64. The van der Waals surface area contributed by atoms with Crippen LogP contribution in [0.5, 0.6) is 0 Å². The number of hydrogen-bond acceptors (Lipinski definition) is 2. The maximum absolute atomic E-state index is 5.92. The molecule has 0 spiro atoms. The summed E-state index contributed by atoms with van der Waals surface area (Å²) in [5.41, 5.74) is 4.08. The van der Waals surface area contributed by atoms with E-state index in [1.165, 1.54) is 57.2 Å². The zero-order valence-electron chi connectivity index (χ0n) is 16.4. The number of nitrogens with one attached hydrogen (secondary N) is 1. The molecular formula is C23H31N3S. The molecule has 3 fully saturated rings. The predicted octanol–water partition coefficient (Wildman–Crippen LogP) is 4.59. The van der Waals surface area contributed by atoms with Gasteiger partial charge in [0, 0.05) is 24.8 Å². The van der Waals surface area contributed by atoms with Crippen LogP contribution < -0.4 is 5.32 Å². The Kier molecular flexibility index (Phi) is 4.73. The fraction of sp³-hybridized carbons (Fsp3) is 0.609. The first-order valence-electron chi connectivity index (χ1n) is 10.8. The number of aryl methyl sites for hydroxylation is 1. The number of thiocarbonyl (C=S) groups is 1. The molecule has 3 aliphatic heterocycles. The molecule has 0 unspecified atom stereocenters. The van der Waals surface area contributed by atoms with Gasteiger partial charge in [0.1, 0.15) is 0 Å². The van der Waals surface area contributed by atoms with Crippen LogP contribution in [-0.2, 0) is 0 Å². The number of hydrogen-bond donors (Lipinski definition) is 1. The maximum Gasteiger partial charge on any atom is 0.173 e. The van der Waals surface area contributed by atoms with Crippen molar-refractivity contribution in [2.75, 3.05) is 25.0 Å². The van der Waals surface area contributed by atoms with E-state index in [9.17, 15) is 0 Å². The van der Waals surface area contributed by atoms with E-state index in [1.54, 1.807) is 5.57 Å². The van der Waals surface area contributed by atoms with Crippen molar-refractivity contribution in [1.82, 2.24) is 9.80 Å². The Morgan fingerprint density at radius 1 is 1.15 bits per heavy atom. The molecule has 1 N–H and O–H groups in total. The van der Waals surface area contributed by atoms with Crippen LogP contribution >= 0.6 is 12.2 Å². The van der Waals surface area contributed by atoms with Crippen LogP contribution in [-0.4, -0.2) is 46.6 Å². The molecule has 1 aromatic rings. The molecule has 144 valence electrons. The summed E-state index contributed by atoms with van der Waals surface area (Å²) >= 11 is 5.92. The summed E-state index contributed by atoms with van der Waals surface area (Å²) in [6.07, 6.45) is 10.7. The second kappa shape index (κ2) is 7.21. The molecule has 0 saturated carbocycles. The summed E-state index contributed by atoms with van der Waals surface area (Å²) in [5.74, 6) is 1.52. The number of para-hydroxylation sites is 1. The third-order valence-electron chi connectivity index (χ3n) is 7.30. The SMILES string of the molecule is Cc1ccccc1NC(=S)N1CCCC2=C[C@@H]3C[C@H](CN4CCCC[C@H]34)[C@@H]21. The van der Waals surface area contributed by atoms with Crippen LogP contribution in [0.3, 0.4) is 0 Å². The van der Waals surface area contributed by atoms with Gasteiger partial charge in [-0.1, -0.05) is 36.3 Å². The smallest absolute Gasteiger partial charge is 0.173 e. The molecule has 3 nitrogen and oxygen atoms in total. The van der Waals surface area contributed by atoms with Gasteiger partial charge in [0.15, 0.2) is 5.11 Å². The normalized spacial score (nSPS) is 32.9. The van der Waals surface area contributed by atoms with Crippen molar-refractivity contribution in [3.63, 3.8) is 0 Å². The number of fused-ring (bicyclic) bond motifs is 6. The lowest BCUT2D eigenvalue weighted by Crippen LogP contribution is -2.60. The highest BCUT2D eigenvalue weighted by Crippen LogP contribution is 2.45. The average molecular weight is 382 g/mol. The molecule has 1 aliphatic carbocycles. The first-order valence-corrected chi connectivity index (χ1v) is 11.2. The van der Waals surface area contributed by atoms with Crippen molar-refractivity contribution in [2.45, 2.75) is 57.5 Å². The minimum atomic E-state index is 0.516. The van der Waals surface area contributed by atoms with Gasteiger partial charge >= 0.3 is 0 Å². The van der Waals surface area contributed by atoms with Gasteiger partial charge in [-0.15, -0.1) is 0 Å². The number of nitrogens with zero attached hydrogens (tertiary/aromatic N) is 2. The molecule has 0 radical (unpaired) electrons. The zero-order chi connectivity index (χ0) is 18.4. The number of anilines is 1. The summed E-state index contributed by atoms with van der Waals surface area (Å²) in [6, 6.07) is 9.79. The van der Waals surface area contributed by atoms with E-state index in [0.29, 0.717) is 6.04 Å². The van der Waals surface area contributed by atoms with Gasteiger partial charge in [0.2, 0.25) is 0 Å². The second-order valence-corrected chi connectivity index (χ2v) is 9.33. The highest BCUT2D eigenvalue weighted by Gasteiger charge is 2.46. The molecule has 2 bridgehead atoms. The van der Waals surface area contributed by atoms with Crippen molar-refractivity contribution >= 4 is 23.0 Å². The van der Waals surface area contributed by atoms with Gasteiger partial charge in [0.05, 0.1) is 6.04 Å². The van der Waals surface area contributed by atoms with Crippen LogP contribution in [0, 0.1) is 18.8 Å². The molecular weight excluding hydrogens is 350 g/mol. The fourth-order valence-electron chi connectivity index (χ4n) is 6.10. The van der Waals surface area contributed by atoms with Crippen LogP contribution in [0.2, 0.25) is 0 Å². The van der Waals surface area contributed by atoms with E-state index in [1.807, 2.05) is 0 Å². The van der Waals surface area contributed by atoms with E-state index in [4.69, 9.17) is 12.2 Å². The second-order valence-electron chi connectivity index (χ2n) is 8.95. The minimum absolute atomic E-state index is 0.516. The first-order chi connectivity index (χ1) is 13.2. The maximum atomic E-state index is 5.92. The molecule has 4 atom stereocenters. The molecule has 5 rings (SSSR count). The third kappa shape index (κ3) is 3.21. The quantitative estimate of drug-likeness (QED) is 0.566. The van der Waals surface area contributed by atoms with Crippen molar-refractivity contribution < 1.29 is 0 Å². The van der Waals surface area contributed by atoms with Gasteiger partial charge in [-0.2, -0.15) is 0 Å². The number of rotatable bonds is 1. The topological polar surface area (TPSA) is 18.5 Å². The fourth-order valence-corrected chi connectivity index (χ4v) is 6.42. The Hall–Kier alpha value is -1.39. The molecule has 3 saturated heterocycles. The van der Waals surface area contributed by atoms with E-state index >= 15 is 0 Å². The standard InChI is InChI=1S/C23H31N3S/c1-16-7-2-3-9-20(16)24-23(27)26-12-6-8-17-13-18-14-19(22(17)26)15-25-11-5-4-10-21(18)25/h2-3,7,9,13,18-19,21-22H,4-6,8,10-12,14-15H2,1H3,(H,24,27)/t18-,19-,21-,22-/m1/s1. The monoisotopic (exact) mass is 381 g/mol. The van der Waals surface area contributed by atoms with E-state index in [-0.39, 0.29) is 0 Å². The Balaban J connectivity index is 1.40. The van der Waals surface area contributed by atoms with E-state index < -0.39 is 0 Å². The molecule has 3 heterocycles. The van der Waals surface area contributed by atoms with Gasteiger partial charge in [-0.05, 0) is 81.3 Å². The van der Waals surface area contributed by atoms with Crippen LogP contribution in [0.25, 0.3) is 0 Å². The summed E-state index contributed by atoms with van der Waals surface area (Å²) < 4.78 is 0. The molecule has 0 aromatic heterocycles. The molecule has 4 aliphatic rings. The van der Waals surface area contributed by atoms with Crippen molar-refractivity contribution in [3.8, 4) is 0 Å². The van der Waals surface area contributed by atoms with Crippen molar-refractivity contribution in [2.24, 2.45) is 11.8 Å². The summed E-state index contributed by atoms with van der Waals surface area (Å²) in [4.78, 5) is 5.32. The van der Waals surface area contributed by atoms with Gasteiger partial charge < -0.3 is 10.2 Å². The minimum Gasteiger partial charge on any atom is -0.342 e. The summed E-state index contributed by atoms with van der Waals surface area (Å²) in [6.45, 7) is 5.81. The van der Waals surface area contributed by atoms with Crippen molar-refractivity contribution in [3.05, 3.63) is 41.5 Å². The number of likely N-dealkylation sites (tertiary alicyclic amines) is 1. The molecule has 27 heavy (non-hydrogen) atoms. The van der Waals surface area contributed by atoms with Gasteiger partial charge in [-0.3, -0.25) is 4.90 Å². The molecule has 4 heteroatoms. The lowest BCUT2D eigenvalue weighted by atomic mass is 9.68. The number of benzene rings is 1. The van der Waals surface area contributed by atoms with Gasteiger partial charge in [0.25, 0.3) is 0 Å². The van der Waals surface area contributed by atoms with E-state index in [0.717, 1.165) is 35.2 Å². The Morgan fingerprint density at radius 3 is 2.93 bits per heavy atom. The Bertz CT molecular complexity index is 758. The largest absolute Gasteiger partial charge is 0.342 e. The average Bonchev–Trinajstić information content (AvgIpc) is 2.69. The highest BCUT2D eigenvalue weighted by atomic mass is 32.1. The lowest BCUT2D eigenvalue weighted by Gasteiger charge is -2.55. The first kappa shape index (κ1) is 17.7. The van der Waals surface area contributed by atoms with Gasteiger partial charge in [-0.25, -0.2) is 0 Å². The molecule has 1 aromatic carbocycles. The zero-order valence-corrected chi connectivity index (χ0v) is 17.2. The van der Waals surface area contributed by atoms with Crippen LogP contribution in [0.15, 0.2) is 35.9 Å². The Morgan fingerprint density at radius 2 is 2.04 bits per heavy atom.